The zero-order valence-electron chi connectivity index (χ0n) is 11.9. The van der Waals surface area contributed by atoms with Crippen LogP contribution in [0.2, 0.25) is 0 Å². The van der Waals surface area contributed by atoms with Crippen molar-refractivity contribution in [3.8, 4) is 5.75 Å². The normalized spacial score (nSPS) is 18.3. The molecule has 1 aromatic carbocycles. The van der Waals surface area contributed by atoms with Crippen molar-refractivity contribution in [3.05, 3.63) is 28.2 Å². The third-order valence-corrected chi connectivity index (χ3v) is 4.54. The molecule has 3 heteroatoms. The van der Waals surface area contributed by atoms with E-state index < -0.39 is 0 Å². The molecule has 0 radical (unpaired) electrons. The smallest absolute Gasteiger partial charge is 0.189 e. The van der Waals surface area contributed by atoms with Gasteiger partial charge in [0.25, 0.3) is 0 Å². The van der Waals surface area contributed by atoms with Gasteiger partial charge in [0.05, 0.1) is 0 Å². The second kappa shape index (κ2) is 6.76. The molecule has 2 nitrogen and oxygen atoms in total. The maximum Gasteiger partial charge on any atom is 0.189 e. The summed E-state index contributed by atoms with van der Waals surface area (Å²) in [5, 5.41) is 0. The second-order valence-electron chi connectivity index (χ2n) is 5.52. The Morgan fingerprint density at radius 2 is 1.95 bits per heavy atom. The van der Waals surface area contributed by atoms with Gasteiger partial charge in [-0.15, -0.1) is 0 Å². The SMILES string of the molecule is CCOCOc1ccc(Br)cc1C1(C)CCCCC1. The molecule has 1 aliphatic carbocycles. The number of hydrogen-bond donors (Lipinski definition) is 0. The van der Waals surface area contributed by atoms with Crippen molar-refractivity contribution in [2.45, 2.75) is 51.4 Å². The van der Waals surface area contributed by atoms with E-state index in [-0.39, 0.29) is 5.41 Å². The van der Waals surface area contributed by atoms with E-state index in [1.165, 1.54) is 37.7 Å². The van der Waals surface area contributed by atoms with E-state index in [4.69, 9.17) is 9.47 Å². The first kappa shape index (κ1) is 14.9. The molecule has 0 unspecified atom stereocenters. The van der Waals surface area contributed by atoms with E-state index in [1.807, 2.05) is 13.0 Å². The minimum absolute atomic E-state index is 0.240. The molecule has 1 saturated carbocycles. The van der Waals surface area contributed by atoms with Crippen LogP contribution in [-0.2, 0) is 10.2 Å². The molecule has 0 saturated heterocycles. The molecule has 0 N–H and O–H groups in total. The van der Waals surface area contributed by atoms with Gasteiger partial charge in [0.15, 0.2) is 6.79 Å². The zero-order valence-corrected chi connectivity index (χ0v) is 13.5. The summed E-state index contributed by atoms with van der Waals surface area (Å²) in [5.41, 5.74) is 1.56. The van der Waals surface area contributed by atoms with Crippen molar-refractivity contribution in [1.82, 2.24) is 0 Å². The van der Waals surface area contributed by atoms with Gasteiger partial charge >= 0.3 is 0 Å². The fraction of sp³-hybridized carbons (Fsp3) is 0.625. The van der Waals surface area contributed by atoms with Crippen LogP contribution >= 0.6 is 15.9 Å². The Balaban J connectivity index is 2.23. The number of ether oxygens (including phenoxy) is 2. The maximum absolute atomic E-state index is 5.81. The van der Waals surface area contributed by atoms with Crippen LogP contribution in [0.1, 0.15) is 51.5 Å². The third kappa shape index (κ3) is 3.73. The van der Waals surface area contributed by atoms with E-state index >= 15 is 0 Å². The summed E-state index contributed by atoms with van der Waals surface area (Å²) in [7, 11) is 0. The summed E-state index contributed by atoms with van der Waals surface area (Å²) < 4.78 is 12.2. The van der Waals surface area contributed by atoms with Crippen LogP contribution in [0.5, 0.6) is 5.75 Å². The molecular formula is C16H23BrO2. The molecule has 19 heavy (non-hydrogen) atoms. The molecule has 0 amide bonds. The quantitative estimate of drug-likeness (QED) is 0.557. The third-order valence-electron chi connectivity index (χ3n) is 4.05. The van der Waals surface area contributed by atoms with Crippen molar-refractivity contribution in [2.75, 3.05) is 13.4 Å². The van der Waals surface area contributed by atoms with E-state index in [0.717, 1.165) is 10.2 Å². The Bertz CT molecular complexity index is 411. The summed E-state index contributed by atoms with van der Waals surface area (Å²) in [4.78, 5) is 0. The van der Waals surface area contributed by atoms with Crippen molar-refractivity contribution >= 4 is 15.9 Å². The Morgan fingerprint density at radius 1 is 1.21 bits per heavy atom. The summed E-state index contributed by atoms with van der Waals surface area (Å²) in [6, 6.07) is 6.31. The molecule has 0 heterocycles. The lowest BCUT2D eigenvalue weighted by atomic mass is 9.71. The minimum Gasteiger partial charge on any atom is -0.467 e. The van der Waals surface area contributed by atoms with Gasteiger partial charge in [0.2, 0.25) is 0 Å². The molecule has 0 aliphatic heterocycles. The van der Waals surface area contributed by atoms with Gasteiger partial charge in [-0.3, -0.25) is 0 Å². The molecule has 106 valence electrons. The van der Waals surface area contributed by atoms with Crippen LogP contribution in [-0.4, -0.2) is 13.4 Å². The lowest BCUT2D eigenvalue weighted by Gasteiger charge is -2.35. The molecule has 1 aromatic rings. The van der Waals surface area contributed by atoms with Crippen LogP contribution in [0.15, 0.2) is 22.7 Å². The fourth-order valence-corrected chi connectivity index (χ4v) is 3.25. The predicted octanol–water partition coefficient (Wildman–Crippen LogP) is 5.04. The largest absolute Gasteiger partial charge is 0.467 e. The monoisotopic (exact) mass is 326 g/mol. The van der Waals surface area contributed by atoms with Crippen molar-refractivity contribution < 1.29 is 9.47 Å². The summed E-state index contributed by atoms with van der Waals surface area (Å²) in [5.74, 6) is 0.973. The van der Waals surface area contributed by atoms with Crippen molar-refractivity contribution in [3.63, 3.8) is 0 Å². The van der Waals surface area contributed by atoms with E-state index in [0.29, 0.717) is 13.4 Å². The van der Waals surface area contributed by atoms with Crippen LogP contribution in [0.4, 0.5) is 0 Å². The van der Waals surface area contributed by atoms with Gasteiger partial charge in [0.1, 0.15) is 5.75 Å². The number of benzene rings is 1. The van der Waals surface area contributed by atoms with Gasteiger partial charge in [-0.25, -0.2) is 0 Å². The first-order valence-corrected chi connectivity index (χ1v) is 7.95. The van der Waals surface area contributed by atoms with Gasteiger partial charge < -0.3 is 9.47 Å². The van der Waals surface area contributed by atoms with E-state index in [1.54, 1.807) is 0 Å². The molecule has 0 atom stereocenters. The predicted molar refractivity (Wildman–Crippen MR) is 81.7 cm³/mol. The molecule has 0 aromatic heterocycles. The van der Waals surface area contributed by atoms with Gasteiger partial charge in [0, 0.05) is 16.6 Å². The molecule has 1 aliphatic rings. The first-order chi connectivity index (χ1) is 9.15. The Morgan fingerprint density at radius 3 is 2.63 bits per heavy atom. The van der Waals surface area contributed by atoms with Gasteiger partial charge in [-0.2, -0.15) is 0 Å². The van der Waals surface area contributed by atoms with Crippen molar-refractivity contribution in [2.24, 2.45) is 0 Å². The maximum atomic E-state index is 5.81. The molecule has 0 bridgehead atoms. The Kier molecular flexibility index (Phi) is 5.28. The molecular weight excluding hydrogens is 304 g/mol. The van der Waals surface area contributed by atoms with Crippen LogP contribution in [0.3, 0.4) is 0 Å². The number of hydrogen-bond acceptors (Lipinski definition) is 2. The van der Waals surface area contributed by atoms with E-state index in [2.05, 4.69) is 35.0 Å². The van der Waals surface area contributed by atoms with Crippen LogP contribution in [0, 0.1) is 0 Å². The molecule has 0 spiro atoms. The number of halogens is 1. The fourth-order valence-electron chi connectivity index (χ4n) is 2.89. The summed E-state index contributed by atoms with van der Waals surface area (Å²) in [6.07, 6.45) is 6.48. The average molecular weight is 327 g/mol. The Hall–Kier alpha value is -0.540. The average Bonchev–Trinajstić information content (AvgIpc) is 2.41. The topological polar surface area (TPSA) is 18.5 Å². The highest BCUT2D eigenvalue weighted by Gasteiger charge is 2.31. The highest BCUT2D eigenvalue weighted by Crippen LogP contribution is 2.43. The van der Waals surface area contributed by atoms with Gasteiger partial charge in [-0.1, -0.05) is 42.1 Å². The summed E-state index contributed by atoms with van der Waals surface area (Å²) >= 11 is 3.58. The molecule has 1 fully saturated rings. The van der Waals surface area contributed by atoms with E-state index in [9.17, 15) is 0 Å². The lowest BCUT2D eigenvalue weighted by Crippen LogP contribution is -2.26. The van der Waals surface area contributed by atoms with Gasteiger partial charge in [-0.05, 0) is 43.4 Å². The van der Waals surface area contributed by atoms with Crippen molar-refractivity contribution in [1.29, 1.82) is 0 Å². The standard InChI is InChI=1S/C16H23BrO2/c1-3-18-12-19-15-8-7-13(17)11-14(15)16(2)9-5-4-6-10-16/h7-8,11H,3-6,9-10,12H2,1-2H3. The molecule has 2 rings (SSSR count). The lowest BCUT2D eigenvalue weighted by molar-refractivity contribution is 0.0209. The minimum atomic E-state index is 0.240. The first-order valence-electron chi connectivity index (χ1n) is 7.16. The highest BCUT2D eigenvalue weighted by molar-refractivity contribution is 9.10. The second-order valence-corrected chi connectivity index (χ2v) is 6.43. The highest BCUT2D eigenvalue weighted by atomic mass is 79.9. The summed E-state index contributed by atoms with van der Waals surface area (Å²) in [6.45, 7) is 5.36. The zero-order chi connectivity index (χ0) is 13.7. The Labute approximate surface area is 124 Å². The van der Waals surface area contributed by atoms with Crippen LogP contribution in [0.25, 0.3) is 0 Å². The number of rotatable bonds is 5. The van der Waals surface area contributed by atoms with Crippen LogP contribution < -0.4 is 4.74 Å².